The van der Waals surface area contributed by atoms with Gasteiger partial charge in [0.1, 0.15) is 5.58 Å². The molecule has 1 aromatic heterocycles. The molecule has 0 aliphatic rings. The number of nitrogens with zero attached hydrogens (tertiary/aromatic N) is 1. The Morgan fingerprint density at radius 2 is 1.90 bits per heavy atom. The van der Waals surface area contributed by atoms with Crippen molar-refractivity contribution in [2.75, 3.05) is 13.6 Å². The van der Waals surface area contributed by atoms with Crippen LogP contribution >= 0.6 is 0 Å². The summed E-state index contributed by atoms with van der Waals surface area (Å²) >= 11 is 0. The summed E-state index contributed by atoms with van der Waals surface area (Å²) in [4.78, 5) is 13.8. The zero-order valence-electron chi connectivity index (χ0n) is 13.2. The van der Waals surface area contributed by atoms with E-state index in [1.54, 1.807) is 11.9 Å². The Hall–Kier alpha value is -1.77. The summed E-state index contributed by atoms with van der Waals surface area (Å²) in [5.41, 5.74) is 2.03. The topological polar surface area (TPSA) is 33.5 Å². The van der Waals surface area contributed by atoms with Crippen molar-refractivity contribution in [3.8, 4) is 0 Å². The van der Waals surface area contributed by atoms with Gasteiger partial charge in [0, 0.05) is 19.0 Å². The highest BCUT2D eigenvalue weighted by atomic mass is 16.3. The molecule has 0 aliphatic carbocycles. The lowest BCUT2D eigenvalue weighted by Crippen LogP contribution is -2.26. The minimum atomic E-state index is -0.0499. The first-order valence-electron chi connectivity index (χ1n) is 7.43. The highest BCUT2D eigenvalue weighted by Crippen LogP contribution is 2.22. The third-order valence-corrected chi connectivity index (χ3v) is 3.11. The predicted molar refractivity (Wildman–Crippen MR) is 84.2 cm³/mol. The van der Waals surface area contributed by atoms with Gasteiger partial charge in [-0.1, -0.05) is 33.8 Å². The van der Waals surface area contributed by atoms with E-state index >= 15 is 0 Å². The van der Waals surface area contributed by atoms with Crippen molar-refractivity contribution in [1.29, 1.82) is 0 Å². The normalized spacial score (nSPS) is 10.1. The van der Waals surface area contributed by atoms with Crippen LogP contribution in [-0.2, 0) is 6.42 Å². The van der Waals surface area contributed by atoms with Gasteiger partial charge in [-0.2, -0.15) is 0 Å². The van der Waals surface area contributed by atoms with E-state index in [0.717, 1.165) is 30.4 Å². The molecular weight excluding hydrogens is 250 g/mol. The number of aryl methyl sites for hydroxylation is 1. The zero-order valence-corrected chi connectivity index (χ0v) is 13.2. The van der Waals surface area contributed by atoms with Crippen molar-refractivity contribution in [2.45, 2.75) is 40.5 Å². The van der Waals surface area contributed by atoms with Crippen LogP contribution in [0.2, 0.25) is 0 Å². The lowest BCUT2D eigenvalue weighted by Gasteiger charge is -2.13. The Morgan fingerprint density at radius 1 is 1.20 bits per heavy atom. The molecule has 0 unspecified atom stereocenters. The molecule has 3 nitrogen and oxygen atoms in total. The SMILES string of the molecule is CC.CCCN(C)C(=O)c1cc2cc(CC)ccc2o1. The van der Waals surface area contributed by atoms with Crippen LogP contribution in [0.15, 0.2) is 28.7 Å². The first-order chi connectivity index (χ1) is 9.65. The fourth-order valence-corrected chi connectivity index (χ4v) is 2.04. The van der Waals surface area contributed by atoms with E-state index in [9.17, 15) is 4.79 Å². The number of benzene rings is 1. The third-order valence-electron chi connectivity index (χ3n) is 3.11. The van der Waals surface area contributed by atoms with Crippen LogP contribution < -0.4 is 0 Å². The number of rotatable bonds is 4. The molecule has 0 fully saturated rings. The monoisotopic (exact) mass is 275 g/mol. The van der Waals surface area contributed by atoms with Gasteiger partial charge >= 0.3 is 0 Å². The second-order valence-corrected chi connectivity index (χ2v) is 4.56. The maximum atomic E-state index is 12.1. The van der Waals surface area contributed by atoms with Crippen molar-refractivity contribution >= 4 is 16.9 Å². The molecule has 0 spiro atoms. The van der Waals surface area contributed by atoms with E-state index in [1.165, 1.54) is 5.56 Å². The average Bonchev–Trinajstić information content (AvgIpc) is 2.91. The fourth-order valence-electron chi connectivity index (χ4n) is 2.04. The fraction of sp³-hybridized carbons (Fsp3) is 0.471. The van der Waals surface area contributed by atoms with E-state index in [4.69, 9.17) is 4.42 Å². The number of hydrogen-bond acceptors (Lipinski definition) is 2. The standard InChI is InChI=1S/C15H19NO2.C2H6/c1-4-8-16(3)15(17)14-10-12-9-11(5-2)6-7-13(12)18-14;1-2/h6-7,9-10H,4-5,8H2,1-3H3;1-2H3. The smallest absolute Gasteiger partial charge is 0.289 e. The third kappa shape index (κ3) is 3.62. The predicted octanol–water partition coefficient (Wildman–Crippen LogP) is 4.50. The van der Waals surface area contributed by atoms with Gasteiger partial charge in [0.25, 0.3) is 5.91 Å². The van der Waals surface area contributed by atoms with E-state index in [0.29, 0.717) is 5.76 Å². The van der Waals surface area contributed by atoms with Gasteiger partial charge in [0.05, 0.1) is 0 Å². The first-order valence-corrected chi connectivity index (χ1v) is 7.43. The first kappa shape index (κ1) is 16.3. The summed E-state index contributed by atoms with van der Waals surface area (Å²) in [6.07, 6.45) is 1.93. The minimum absolute atomic E-state index is 0.0499. The molecule has 2 aromatic rings. The molecule has 1 heterocycles. The van der Waals surface area contributed by atoms with Crippen LogP contribution in [0.5, 0.6) is 0 Å². The maximum absolute atomic E-state index is 12.1. The molecule has 0 N–H and O–H groups in total. The molecule has 0 atom stereocenters. The lowest BCUT2D eigenvalue weighted by molar-refractivity contribution is 0.0766. The van der Waals surface area contributed by atoms with Crippen LogP contribution in [0.3, 0.4) is 0 Å². The molecule has 2 rings (SSSR count). The molecule has 20 heavy (non-hydrogen) atoms. The molecular formula is C17H25NO2. The summed E-state index contributed by atoms with van der Waals surface area (Å²) < 4.78 is 5.61. The van der Waals surface area contributed by atoms with Gasteiger partial charge in [-0.15, -0.1) is 0 Å². The summed E-state index contributed by atoms with van der Waals surface area (Å²) in [7, 11) is 1.80. The van der Waals surface area contributed by atoms with Gasteiger partial charge in [-0.05, 0) is 36.6 Å². The van der Waals surface area contributed by atoms with E-state index in [1.807, 2.05) is 32.0 Å². The number of carbonyl (C=O) groups is 1. The Morgan fingerprint density at radius 3 is 2.50 bits per heavy atom. The highest BCUT2D eigenvalue weighted by Gasteiger charge is 2.16. The Labute approximate surface area is 121 Å². The second-order valence-electron chi connectivity index (χ2n) is 4.56. The van der Waals surface area contributed by atoms with Crippen molar-refractivity contribution in [1.82, 2.24) is 4.90 Å². The Kier molecular flexibility index (Phi) is 6.29. The number of amides is 1. The van der Waals surface area contributed by atoms with E-state index in [2.05, 4.69) is 19.9 Å². The molecule has 0 radical (unpaired) electrons. The van der Waals surface area contributed by atoms with Gasteiger partial charge < -0.3 is 9.32 Å². The average molecular weight is 275 g/mol. The number of furan rings is 1. The largest absolute Gasteiger partial charge is 0.451 e. The minimum Gasteiger partial charge on any atom is -0.451 e. The lowest BCUT2D eigenvalue weighted by atomic mass is 10.1. The van der Waals surface area contributed by atoms with Gasteiger partial charge in [-0.25, -0.2) is 0 Å². The molecule has 1 aromatic carbocycles. The summed E-state index contributed by atoms with van der Waals surface area (Å²) in [5.74, 6) is 0.375. The second kappa shape index (κ2) is 7.73. The number of fused-ring (bicyclic) bond motifs is 1. The van der Waals surface area contributed by atoms with Crippen LogP contribution in [0, 0.1) is 0 Å². The Bertz CT molecular complexity index is 557. The van der Waals surface area contributed by atoms with Gasteiger partial charge in [0.2, 0.25) is 0 Å². The number of hydrogen-bond donors (Lipinski definition) is 0. The molecule has 110 valence electrons. The Balaban J connectivity index is 0.000000956. The van der Waals surface area contributed by atoms with Crippen molar-refractivity contribution in [2.24, 2.45) is 0 Å². The van der Waals surface area contributed by atoms with Crippen molar-refractivity contribution < 1.29 is 9.21 Å². The zero-order chi connectivity index (χ0) is 15.1. The highest BCUT2D eigenvalue weighted by molar-refractivity contribution is 5.96. The van der Waals surface area contributed by atoms with Gasteiger partial charge in [0.15, 0.2) is 5.76 Å². The van der Waals surface area contributed by atoms with Crippen LogP contribution in [-0.4, -0.2) is 24.4 Å². The maximum Gasteiger partial charge on any atom is 0.289 e. The van der Waals surface area contributed by atoms with Crippen LogP contribution in [0.4, 0.5) is 0 Å². The summed E-state index contributed by atoms with van der Waals surface area (Å²) in [6.45, 7) is 8.91. The molecule has 0 aliphatic heterocycles. The van der Waals surface area contributed by atoms with E-state index in [-0.39, 0.29) is 5.91 Å². The van der Waals surface area contributed by atoms with Crippen molar-refractivity contribution in [3.05, 3.63) is 35.6 Å². The molecule has 3 heteroatoms. The molecule has 1 amide bonds. The molecule has 0 bridgehead atoms. The van der Waals surface area contributed by atoms with E-state index < -0.39 is 0 Å². The summed E-state index contributed by atoms with van der Waals surface area (Å²) in [6, 6.07) is 7.89. The quantitative estimate of drug-likeness (QED) is 0.823. The van der Waals surface area contributed by atoms with Crippen LogP contribution in [0.25, 0.3) is 11.0 Å². The molecule has 0 saturated heterocycles. The van der Waals surface area contributed by atoms with Gasteiger partial charge in [-0.3, -0.25) is 4.79 Å². The van der Waals surface area contributed by atoms with Crippen LogP contribution in [0.1, 0.15) is 50.2 Å². The van der Waals surface area contributed by atoms with Crippen molar-refractivity contribution in [3.63, 3.8) is 0 Å². The summed E-state index contributed by atoms with van der Waals surface area (Å²) in [5, 5.41) is 1.00. The molecule has 0 saturated carbocycles. The number of carbonyl (C=O) groups excluding carboxylic acids is 1.